The van der Waals surface area contributed by atoms with Gasteiger partial charge in [-0.25, -0.2) is 4.98 Å². The van der Waals surface area contributed by atoms with Crippen LogP contribution in [0.4, 0.5) is 0 Å². The molecule has 39 heavy (non-hydrogen) atoms. The number of benzene rings is 3. The predicted octanol–water partition coefficient (Wildman–Crippen LogP) is 8.53. The Labute approximate surface area is 234 Å². The van der Waals surface area contributed by atoms with Crippen molar-refractivity contribution in [3.05, 3.63) is 90.3 Å². The molecule has 4 nitrogen and oxygen atoms in total. The SMILES string of the molecule is CCCCCCCCCCCn1c(CCCNC(=O)Cc2ccc(-c3ccccc3)cc2)nc2ccccc21. The standard InChI is InChI=1S/C35H45N3O/c1-2-3-4-5-6-7-8-9-15-27-38-33-20-14-13-19-32(33)37-34(38)21-16-26-36-35(39)28-29-22-24-31(25-23-29)30-17-11-10-12-18-30/h10-14,17-20,22-25H,2-9,15-16,21,26-28H2,1H3,(H,36,39). The van der Waals surface area contributed by atoms with Crippen molar-refractivity contribution in [3.63, 3.8) is 0 Å². The fraction of sp³-hybridized carbons (Fsp3) is 0.429. The van der Waals surface area contributed by atoms with Crippen molar-refractivity contribution in [1.82, 2.24) is 14.9 Å². The number of aromatic nitrogens is 2. The Kier molecular flexibility index (Phi) is 11.6. The highest BCUT2D eigenvalue weighted by Gasteiger charge is 2.11. The molecule has 4 aromatic rings. The summed E-state index contributed by atoms with van der Waals surface area (Å²) in [5.74, 6) is 1.21. The molecule has 0 saturated heterocycles. The summed E-state index contributed by atoms with van der Waals surface area (Å²) < 4.78 is 2.41. The molecule has 0 atom stereocenters. The molecule has 0 spiro atoms. The molecule has 4 rings (SSSR count). The first-order chi connectivity index (χ1) is 19.2. The predicted molar refractivity (Wildman–Crippen MR) is 164 cm³/mol. The van der Waals surface area contributed by atoms with Gasteiger partial charge in [0.2, 0.25) is 5.91 Å². The first-order valence-corrected chi connectivity index (χ1v) is 15.1. The third-order valence-corrected chi connectivity index (χ3v) is 7.54. The van der Waals surface area contributed by atoms with Crippen molar-refractivity contribution < 1.29 is 4.79 Å². The van der Waals surface area contributed by atoms with E-state index in [1.165, 1.54) is 74.4 Å². The van der Waals surface area contributed by atoms with Crippen LogP contribution < -0.4 is 5.32 Å². The van der Waals surface area contributed by atoms with Gasteiger partial charge in [-0.1, -0.05) is 125 Å². The van der Waals surface area contributed by atoms with E-state index in [0.717, 1.165) is 36.3 Å². The lowest BCUT2D eigenvalue weighted by Crippen LogP contribution is -2.26. The minimum absolute atomic E-state index is 0.0747. The Morgan fingerprint density at radius 3 is 2.10 bits per heavy atom. The molecule has 1 aromatic heterocycles. The van der Waals surface area contributed by atoms with Crippen molar-refractivity contribution >= 4 is 16.9 Å². The lowest BCUT2D eigenvalue weighted by Gasteiger charge is -2.10. The van der Waals surface area contributed by atoms with Crippen LogP contribution in [0.2, 0.25) is 0 Å². The molecule has 0 bridgehead atoms. The van der Waals surface area contributed by atoms with Gasteiger partial charge >= 0.3 is 0 Å². The number of unbranched alkanes of at least 4 members (excludes halogenated alkanes) is 8. The van der Waals surface area contributed by atoms with Crippen molar-refractivity contribution in [2.45, 2.75) is 90.5 Å². The zero-order chi connectivity index (χ0) is 27.1. The van der Waals surface area contributed by atoms with Gasteiger partial charge in [-0.3, -0.25) is 4.79 Å². The molecule has 0 saturated carbocycles. The number of amides is 1. The van der Waals surface area contributed by atoms with E-state index in [1.807, 2.05) is 18.2 Å². The molecule has 1 amide bonds. The van der Waals surface area contributed by atoms with Crippen molar-refractivity contribution in [2.24, 2.45) is 0 Å². The number of hydrogen-bond donors (Lipinski definition) is 1. The Bertz CT molecular complexity index is 1260. The minimum atomic E-state index is 0.0747. The minimum Gasteiger partial charge on any atom is -0.356 e. The van der Waals surface area contributed by atoms with Crippen LogP contribution >= 0.6 is 0 Å². The zero-order valence-electron chi connectivity index (χ0n) is 23.7. The topological polar surface area (TPSA) is 46.9 Å². The van der Waals surface area contributed by atoms with Crippen LogP contribution in [0.1, 0.15) is 82.5 Å². The number of carbonyl (C=O) groups excluding carboxylic acids is 1. The maximum Gasteiger partial charge on any atom is 0.224 e. The summed E-state index contributed by atoms with van der Waals surface area (Å²) in [4.78, 5) is 17.5. The average Bonchev–Trinajstić information content (AvgIpc) is 3.32. The van der Waals surface area contributed by atoms with Gasteiger partial charge in [0.05, 0.1) is 17.5 Å². The molecule has 1 heterocycles. The van der Waals surface area contributed by atoms with Crippen LogP contribution in [0.15, 0.2) is 78.9 Å². The van der Waals surface area contributed by atoms with E-state index in [1.54, 1.807) is 0 Å². The van der Waals surface area contributed by atoms with E-state index in [0.29, 0.717) is 13.0 Å². The van der Waals surface area contributed by atoms with E-state index in [9.17, 15) is 4.79 Å². The molecule has 0 aliphatic heterocycles. The van der Waals surface area contributed by atoms with Crippen molar-refractivity contribution in [1.29, 1.82) is 0 Å². The quantitative estimate of drug-likeness (QED) is 0.141. The van der Waals surface area contributed by atoms with Gasteiger partial charge in [0.15, 0.2) is 0 Å². The van der Waals surface area contributed by atoms with Crippen molar-refractivity contribution in [3.8, 4) is 11.1 Å². The first-order valence-electron chi connectivity index (χ1n) is 15.1. The average molecular weight is 524 g/mol. The number of rotatable bonds is 17. The number of nitrogens with one attached hydrogen (secondary N) is 1. The highest BCUT2D eigenvalue weighted by Crippen LogP contribution is 2.20. The van der Waals surface area contributed by atoms with Crippen LogP contribution in [0.3, 0.4) is 0 Å². The van der Waals surface area contributed by atoms with Crippen molar-refractivity contribution in [2.75, 3.05) is 6.54 Å². The second kappa shape index (κ2) is 15.9. The zero-order valence-corrected chi connectivity index (χ0v) is 23.7. The molecule has 206 valence electrons. The van der Waals surface area contributed by atoms with Crippen LogP contribution in [0.25, 0.3) is 22.2 Å². The maximum absolute atomic E-state index is 12.6. The number of fused-ring (bicyclic) bond motifs is 1. The summed E-state index contributed by atoms with van der Waals surface area (Å²) in [6, 6.07) is 27.1. The van der Waals surface area contributed by atoms with E-state index < -0.39 is 0 Å². The monoisotopic (exact) mass is 523 g/mol. The number of nitrogens with zero attached hydrogens (tertiary/aromatic N) is 2. The van der Waals surface area contributed by atoms with E-state index in [2.05, 4.69) is 77.5 Å². The molecule has 0 radical (unpaired) electrons. The largest absolute Gasteiger partial charge is 0.356 e. The summed E-state index contributed by atoms with van der Waals surface area (Å²) in [7, 11) is 0. The number of imidazole rings is 1. The number of aryl methyl sites for hydroxylation is 2. The molecule has 3 aromatic carbocycles. The van der Waals surface area contributed by atoms with Gasteiger partial charge in [-0.2, -0.15) is 0 Å². The van der Waals surface area contributed by atoms with Crippen LogP contribution in [0.5, 0.6) is 0 Å². The first kappa shape index (κ1) is 28.6. The summed E-state index contributed by atoms with van der Waals surface area (Å²) >= 11 is 0. The van der Waals surface area contributed by atoms with Crippen LogP contribution in [0, 0.1) is 0 Å². The lowest BCUT2D eigenvalue weighted by atomic mass is 10.0. The van der Waals surface area contributed by atoms with Gasteiger partial charge in [0, 0.05) is 19.5 Å². The number of carbonyl (C=O) groups is 1. The van der Waals surface area contributed by atoms with Crippen LogP contribution in [-0.4, -0.2) is 22.0 Å². The van der Waals surface area contributed by atoms with E-state index >= 15 is 0 Å². The second-order valence-corrected chi connectivity index (χ2v) is 10.7. The Morgan fingerprint density at radius 1 is 0.718 bits per heavy atom. The Hall–Kier alpha value is -3.40. The summed E-state index contributed by atoms with van der Waals surface area (Å²) in [6.45, 7) is 3.97. The third-order valence-electron chi connectivity index (χ3n) is 7.54. The van der Waals surface area contributed by atoms with Crippen LogP contribution in [-0.2, 0) is 24.2 Å². The molecule has 4 heteroatoms. The fourth-order valence-corrected chi connectivity index (χ4v) is 5.31. The summed E-state index contributed by atoms with van der Waals surface area (Å²) in [5, 5.41) is 3.11. The summed E-state index contributed by atoms with van der Waals surface area (Å²) in [5.41, 5.74) is 5.71. The molecule has 1 N–H and O–H groups in total. The lowest BCUT2D eigenvalue weighted by molar-refractivity contribution is -0.120. The number of para-hydroxylation sites is 2. The molecule has 0 aliphatic carbocycles. The van der Waals surface area contributed by atoms with Gasteiger partial charge in [-0.05, 0) is 41.7 Å². The third kappa shape index (κ3) is 9.09. The smallest absolute Gasteiger partial charge is 0.224 e. The molecule has 0 unspecified atom stereocenters. The molecular formula is C35H45N3O. The molecule has 0 aliphatic rings. The van der Waals surface area contributed by atoms with Gasteiger partial charge < -0.3 is 9.88 Å². The Morgan fingerprint density at radius 2 is 1.36 bits per heavy atom. The van der Waals surface area contributed by atoms with Gasteiger partial charge in [0.25, 0.3) is 0 Å². The highest BCUT2D eigenvalue weighted by atomic mass is 16.1. The number of hydrogen-bond acceptors (Lipinski definition) is 2. The molecular weight excluding hydrogens is 478 g/mol. The van der Waals surface area contributed by atoms with Gasteiger partial charge in [0.1, 0.15) is 5.82 Å². The van der Waals surface area contributed by atoms with E-state index in [4.69, 9.17) is 4.98 Å². The second-order valence-electron chi connectivity index (χ2n) is 10.7. The highest BCUT2D eigenvalue weighted by molar-refractivity contribution is 5.79. The Balaban J connectivity index is 1.20. The maximum atomic E-state index is 12.6. The fourth-order valence-electron chi connectivity index (χ4n) is 5.31. The molecule has 0 fully saturated rings. The van der Waals surface area contributed by atoms with Gasteiger partial charge in [-0.15, -0.1) is 0 Å². The summed E-state index contributed by atoms with van der Waals surface area (Å²) in [6.07, 6.45) is 14.2. The van der Waals surface area contributed by atoms with E-state index in [-0.39, 0.29) is 5.91 Å². The normalized spacial score (nSPS) is 11.2.